The highest BCUT2D eigenvalue weighted by Gasteiger charge is 2.17. The van der Waals surface area contributed by atoms with Gasteiger partial charge in [-0.05, 0) is 58.2 Å². The Morgan fingerprint density at radius 1 is 1.10 bits per heavy atom. The highest BCUT2D eigenvalue weighted by atomic mass is 15.2. The van der Waals surface area contributed by atoms with Crippen molar-refractivity contribution in [3.63, 3.8) is 0 Å². The molecule has 20 heavy (non-hydrogen) atoms. The molecule has 1 aromatic carbocycles. The summed E-state index contributed by atoms with van der Waals surface area (Å²) in [4.78, 5) is 2.62. The second kappa shape index (κ2) is 6.73. The Morgan fingerprint density at radius 3 is 2.35 bits per heavy atom. The molecule has 1 N–H and O–H groups in total. The van der Waals surface area contributed by atoms with Crippen LogP contribution in [-0.2, 0) is 13.1 Å². The Hall–Kier alpha value is -0.860. The highest BCUT2D eigenvalue weighted by Crippen LogP contribution is 2.19. The largest absolute Gasteiger partial charge is 0.308 e. The van der Waals surface area contributed by atoms with E-state index in [1.54, 1.807) is 0 Å². The third-order valence-electron chi connectivity index (χ3n) is 4.17. The van der Waals surface area contributed by atoms with E-state index in [1.807, 2.05) is 0 Å². The van der Waals surface area contributed by atoms with E-state index < -0.39 is 0 Å². The van der Waals surface area contributed by atoms with Crippen LogP contribution in [0.4, 0.5) is 0 Å². The van der Waals surface area contributed by atoms with Crippen LogP contribution < -0.4 is 5.32 Å². The summed E-state index contributed by atoms with van der Waals surface area (Å²) >= 11 is 0. The first kappa shape index (κ1) is 15.5. The molecule has 0 aromatic heterocycles. The number of nitrogens with zero attached hydrogens (tertiary/aromatic N) is 1. The zero-order chi connectivity index (χ0) is 14.6. The molecule has 0 radical (unpaired) electrons. The summed E-state index contributed by atoms with van der Waals surface area (Å²) in [5, 5.41) is 3.54. The van der Waals surface area contributed by atoms with Gasteiger partial charge in [-0.3, -0.25) is 4.90 Å². The molecule has 0 spiro atoms. The first-order valence-electron chi connectivity index (χ1n) is 8.01. The molecule has 112 valence electrons. The van der Waals surface area contributed by atoms with Crippen molar-refractivity contribution in [1.82, 2.24) is 10.2 Å². The number of hydrogen-bond donors (Lipinski definition) is 1. The first-order valence-corrected chi connectivity index (χ1v) is 8.01. The molecule has 1 aromatic rings. The normalized spacial score (nSPS) is 21.1. The molecular weight excluding hydrogens is 244 g/mol. The van der Waals surface area contributed by atoms with Gasteiger partial charge in [0.25, 0.3) is 0 Å². The van der Waals surface area contributed by atoms with Crippen LogP contribution in [0, 0.1) is 0 Å². The predicted molar refractivity (Wildman–Crippen MR) is 86.8 cm³/mol. The molecule has 2 heteroatoms. The molecule has 1 aliphatic heterocycles. The van der Waals surface area contributed by atoms with E-state index >= 15 is 0 Å². The van der Waals surface area contributed by atoms with Gasteiger partial charge >= 0.3 is 0 Å². The standard InChI is InChI=1S/C18H30N2/c1-15-7-5-6-12-20(15)14-17-10-8-16(9-11-17)13-19-18(2,3)4/h8-11,15,19H,5-7,12-14H2,1-4H3. The summed E-state index contributed by atoms with van der Waals surface area (Å²) < 4.78 is 0. The van der Waals surface area contributed by atoms with Gasteiger partial charge < -0.3 is 5.32 Å². The van der Waals surface area contributed by atoms with Gasteiger partial charge in [0.05, 0.1) is 0 Å². The Kier molecular flexibility index (Phi) is 5.22. The average Bonchev–Trinajstić information content (AvgIpc) is 2.40. The van der Waals surface area contributed by atoms with E-state index in [0.717, 1.165) is 19.1 Å². The summed E-state index contributed by atoms with van der Waals surface area (Å²) in [6, 6.07) is 9.86. The number of benzene rings is 1. The zero-order valence-corrected chi connectivity index (χ0v) is 13.6. The summed E-state index contributed by atoms with van der Waals surface area (Å²) in [5.41, 5.74) is 3.00. The van der Waals surface area contributed by atoms with Gasteiger partial charge in [0.1, 0.15) is 0 Å². The molecule has 2 rings (SSSR count). The first-order chi connectivity index (χ1) is 9.44. The van der Waals surface area contributed by atoms with E-state index in [1.165, 1.54) is 36.9 Å². The van der Waals surface area contributed by atoms with E-state index in [9.17, 15) is 0 Å². The molecule has 1 heterocycles. The molecule has 1 fully saturated rings. The molecule has 0 amide bonds. The fourth-order valence-electron chi connectivity index (χ4n) is 2.76. The monoisotopic (exact) mass is 274 g/mol. The Labute approximate surface area is 124 Å². The molecule has 0 aliphatic carbocycles. The molecular formula is C18H30N2. The molecule has 2 nitrogen and oxygen atoms in total. The number of rotatable bonds is 4. The van der Waals surface area contributed by atoms with Crippen LogP contribution in [0.15, 0.2) is 24.3 Å². The quantitative estimate of drug-likeness (QED) is 0.894. The van der Waals surface area contributed by atoms with Crippen molar-refractivity contribution in [2.75, 3.05) is 6.54 Å². The van der Waals surface area contributed by atoms with Crippen molar-refractivity contribution in [1.29, 1.82) is 0 Å². The molecule has 1 aliphatic rings. The van der Waals surface area contributed by atoms with Crippen molar-refractivity contribution in [3.05, 3.63) is 35.4 Å². The van der Waals surface area contributed by atoms with Gasteiger partial charge in [0.2, 0.25) is 0 Å². The van der Waals surface area contributed by atoms with E-state index in [2.05, 4.69) is 62.2 Å². The second-order valence-electron chi connectivity index (χ2n) is 7.24. The molecule has 1 saturated heterocycles. The number of likely N-dealkylation sites (tertiary alicyclic amines) is 1. The van der Waals surface area contributed by atoms with E-state index in [-0.39, 0.29) is 5.54 Å². The lowest BCUT2D eigenvalue weighted by Crippen LogP contribution is -2.36. The topological polar surface area (TPSA) is 15.3 Å². The fraction of sp³-hybridized carbons (Fsp3) is 0.667. The summed E-state index contributed by atoms with van der Waals surface area (Å²) in [6.45, 7) is 12.3. The van der Waals surface area contributed by atoms with E-state index in [0.29, 0.717) is 0 Å². The van der Waals surface area contributed by atoms with Gasteiger partial charge in [0.15, 0.2) is 0 Å². The molecule has 0 bridgehead atoms. The zero-order valence-electron chi connectivity index (χ0n) is 13.6. The smallest absolute Gasteiger partial charge is 0.0236 e. The summed E-state index contributed by atoms with van der Waals surface area (Å²) in [6.07, 6.45) is 4.11. The van der Waals surface area contributed by atoms with Crippen molar-refractivity contribution in [2.45, 2.75) is 71.6 Å². The van der Waals surface area contributed by atoms with Gasteiger partial charge in [-0.25, -0.2) is 0 Å². The van der Waals surface area contributed by atoms with Crippen LogP contribution in [0.5, 0.6) is 0 Å². The van der Waals surface area contributed by atoms with Crippen LogP contribution in [0.3, 0.4) is 0 Å². The van der Waals surface area contributed by atoms with Crippen molar-refractivity contribution < 1.29 is 0 Å². The maximum Gasteiger partial charge on any atom is 0.0236 e. The average molecular weight is 274 g/mol. The van der Waals surface area contributed by atoms with Crippen molar-refractivity contribution >= 4 is 0 Å². The van der Waals surface area contributed by atoms with Crippen LogP contribution in [-0.4, -0.2) is 23.0 Å². The predicted octanol–water partition coefficient (Wildman–Crippen LogP) is 3.95. The van der Waals surface area contributed by atoms with Crippen LogP contribution in [0.25, 0.3) is 0 Å². The van der Waals surface area contributed by atoms with Crippen LogP contribution >= 0.6 is 0 Å². The van der Waals surface area contributed by atoms with Gasteiger partial charge in [-0.1, -0.05) is 30.7 Å². The third-order valence-corrected chi connectivity index (χ3v) is 4.17. The molecule has 0 saturated carbocycles. The van der Waals surface area contributed by atoms with Gasteiger partial charge in [-0.2, -0.15) is 0 Å². The second-order valence-corrected chi connectivity index (χ2v) is 7.24. The van der Waals surface area contributed by atoms with Crippen LogP contribution in [0.2, 0.25) is 0 Å². The lowest BCUT2D eigenvalue weighted by molar-refractivity contribution is 0.152. The van der Waals surface area contributed by atoms with E-state index in [4.69, 9.17) is 0 Å². The minimum atomic E-state index is 0.182. The SMILES string of the molecule is CC1CCCCN1Cc1ccc(CNC(C)(C)C)cc1. The van der Waals surface area contributed by atoms with Gasteiger partial charge in [0, 0.05) is 24.7 Å². The van der Waals surface area contributed by atoms with Crippen LogP contribution in [0.1, 0.15) is 58.1 Å². The third kappa shape index (κ3) is 4.92. The summed E-state index contributed by atoms with van der Waals surface area (Å²) in [7, 11) is 0. The lowest BCUT2D eigenvalue weighted by atomic mass is 10.0. The summed E-state index contributed by atoms with van der Waals surface area (Å²) in [5.74, 6) is 0. The maximum atomic E-state index is 3.54. The van der Waals surface area contributed by atoms with Gasteiger partial charge in [-0.15, -0.1) is 0 Å². The van der Waals surface area contributed by atoms with Crippen molar-refractivity contribution in [2.24, 2.45) is 0 Å². The Balaban J connectivity index is 1.88. The maximum absolute atomic E-state index is 3.54. The minimum Gasteiger partial charge on any atom is -0.308 e. The molecule has 1 unspecified atom stereocenters. The Morgan fingerprint density at radius 2 is 1.75 bits per heavy atom. The van der Waals surface area contributed by atoms with Crippen molar-refractivity contribution in [3.8, 4) is 0 Å². The number of piperidine rings is 1. The lowest BCUT2D eigenvalue weighted by Gasteiger charge is -2.33. The number of nitrogens with one attached hydrogen (secondary N) is 1. The Bertz CT molecular complexity index is 402. The number of hydrogen-bond acceptors (Lipinski definition) is 2. The highest BCUT2D eigenvalue weighted by molar-refractivity contribution is 5.22. The molecule has 1 atom stereocenters. The minimum absolute atomic E-state index is 0.182. The fourth-order valence-corrected chi connectivity index (χ4v) is 2.76.